The van der Waals surface area contributed by atoms with E-state index in [1.54, 1.807) is 6.07 Å². The lowest BCUT2D eigenvalue weighted by Crippen LogP contribution is -2.44. The van der Waals surface area contributed by atoms with E-state index in [9.17, 15) is 4.79 Å². The van der Waals surface area contributed by atoms with Gasteiger partial charge in [-0.25, -0.2) is 4.79 Å². The van der Waals surface area contributed by atoms with Crippen molar-refractivity contribution in [1.82, 2.24) is 9.55 Å². The van der Waals surface area contributed by atoms with Crippen molar-refractivity contribution >= 4 is 14.4 Å². The van der Waals surface area contributed by atoms with Crippen LogP contribution in [0.1, 0.15) is 46.0 Å². The van der Waals surface area contributed by atoms with Gasteiger partial charge >= 0.3 is 5.69 Å². The van der Waals surface area contributed by atoms with Crippen molar-refractivity contribution in [2.45, 2.75) is 56.6 Å². The normalized spacial score (nSPS) is 27.8. The fraction of sp³-hybridized carbons (Fsp3) is 0.625. The highest BCUT2D eigenvalue weighted by atomic mass is 31.1. The van der Waals surface area contributed by atoms with Crippen LogP contribution in [0.2, 0.25) is 0 Å². The number of nitrogens with zero attached hydrogens (tertiary/aromatic N) is 2. The molecule has 0 spiro atoms. The van der Waals surface area contributed by atoms with Crippen LogP contribution in [0.15, 0.2) is 28.7 Å². The van der Waals surface area contributed by atoms with Gasteiger partial charge in [0.2, 0.25) is 0 Å². The van der Waals surface area contributed by atoms with Gasteiger partial charge in [0, 0.05) is 11.4 Å². The van der Waals surface area contributed by atoms with Gasteiger partial charge in [-0.15, -0.1) is 8.58 Å². The molecule has 2 atom stereocenters. The molecule has 0 aromatic carbocycles. The molecular weight excluding hydrogens is 281 g/mol. The van der Waals surface area contributed by atoms with E-state index in [2.05, 4.69) is 24.9 Å². The summed E-state index contributed by atoms with van der Waals surface area (Å²) in [5.74, 6) is 0.310. The third-order valence-electron chi connectivity index (χ3n) is 4.92. The maximum absolute atomic E-state index is 12.4. The van der Waals surface area contributed by atoms with Crippen molar-refractivity contribution < 1.29 is 0 Å². The van der Waals surface area contributed by atoms with E-state index in [4.69, 9.17) is 5.73 Å². The Labute approximate surface area is 127 Å². The summed E-state index contributed by atoms with van der Waals surface area (Å²) in [7, 11) is 0.907. The minimum Gasteiger partial charge on any atom is -0.383 e. The predicted octanol–water partition coefficient (Wildman–Crippen LogP) is 2.88. The van der Waals surface area contributed by atoms with Crippen LogP contribution in [0.25, 0.3) is 0 Å². The molecular formula is C16H24N3OP. The van der Waals surface area contributed by atoms with Gasteiger partial charge in [-0.3, -0.25) is 4.57 Å². The molecule has 21 heavy (non-hydrogen) atoms. The van der Waals surface area contributed by atoms with Crippen LogP contribution in [0.4, 0.5) is 5.82 Å². The van der Waals surface area contributed by atoms with Gasteiger partial charge in [-0.05, 0) is 37.6 Å². The highest BCUT2D eigenvalue weighted by Gasteiger charge is 2.52. The molecule has 1 heterocycles. The van der Waals surface area contributed by atoms with Gasteiger partial charge in [-0.2, -0.15) is 4.98 Å². The molecule has 2 N–H and O–H groups in total. The fourth-order valence-corrected chi connectivity index (χ4v) is 5.31. The van der Waals surface area contributed by atoms with Crippen LogP contribution in [-0.4, -0.2) is 20.9 Å². The molecule has 1 fully saturated rings. The molecule has 2 aliphatic carbocycles. The van der Waals surface area contributed by atoms with Crippen molar-refractivity contribution in [1.29, 1.82) is 0 Å². The van der Waals surface area contributed by atoms with Crippen LogP contribution in [0.5, 0.6) is 0 Å². The van der Waals surface area contributed by atoms with Gasteiger partial charge in [0.25, 0.3) is 0 Å². The van der Waals surface area contributed by atoms with Crippen LogP contribution in [0.3, 0.4) is 0 Å². The monoisotopic (exact) mass is 305 g/mol. The Morgan fingerprint density at radius 3 is 2.71 bits per heavy atom. The van der Waals surface area contributed by atoms with Gasteiger partial charge in [-0.1, -0.05) is 32.3 Å². The Hall–Kier alpha value is -1.15. The summed E-state index contributed by atoms with van der Waals surface area (Å²) in [6.07, 6.45) is 11.2. The quantitative estimate of drug-likeness (QED) is 0.687. The Morgan fingerprint density at radius 2 is 2.10 bits per heavy atom. The summed E-state index contributed by atoms with van der Waals surface area (Å²) in [6, 6.07) is 1.75. The molecule has 1 aromatic rings. The zero-order chi connectivity index (χ0) is 15.1. The smallest absolute Gasteiger partial charge is 0.350 e. The standard InChI is InChI=1S/C16H24N3OP/c1-3-21-15(2)11-12(15)16(8-5-4-6-9-16)19-10-7-13(17)18-14(19)20/h7,10-11,21H,3-6,8-9H2,1-2H3,(H2,17,18,20). The summed E-state index contributed by atoms with van der Waals surface area (Å²) in [4.78, 5) is 16.4. The predicted molar refractivity (Wildman–Crippen MR) is 89.3 cm³/mol. The maximum Gasteiger partial charge on any atom is 0.350 e. The molecule has 0 amide bonds. The molecule has 0 saturated heterocycles. The van der Waals surface area contributed by atoms with E-state index in [0.29, 0.717) is 5.82 Å². The molecule has 0 aliphatic heterocycles. The highest BCUT2D eigenvalue weighted by Crippen LogP contribution is 2.60. The minimum atomic E-state index is -0.202. The topological polar surface area (TPSA) is 60.9 Å². The number of allylic oxidation sites excluding steroid dienone is 2. The Balaban J connectivity index is 2.03. The van der Waals surface area contributed by atoms with E-state index in [-0.39, 0.29) is 16.4 Å². The summed E-state index contributed by atoms with van der Waals surface area (Å²) in [5.41, 5.74) is 6.77. The van der Waals surface area contributed by atoms with E-state index < -0.39 is 0 Å². The van der Waals surface area contributed by atoms with E-state index in [0.717, 1.165) is 21.4 Å². The highest BCUT2D eigenvalue weighted by molar-refractivity contribution is 7.41. The van der Waals surface area contributed by atoms with Crippen molar-refractivity contribution in [3.8, 4) is 0 Å². The first-order valence-corrected chi connectivity index (χ1v) is 9.07. The Morgan fingerprint density at radius 1 is 1.38 bits per heavy atom. The SMILES string of the molecule is CCPC1(C)C=C1C1(n2ccc(N)nc2=O)CCCCC1. The number of hydrogen-bond donors (Lipinski definition) is 1. The molecule has 3 rings (SSSR count). The average Bonchev–Trinajstić information content (AvgIpc) is 3.12. The fourth-order valence-electron chi connectivity index (χ4n) is 3.90. The van der Waals surface area contributed by atoms with Crippen LogP contribution < -0.4 is 11.4 Å². The van der Waals surface area contributed by atoms with Crippen LogP contribution >= 0.6 is 8.58 Å². The van der Waals surface area contributed by atoms with Crippen molar-refractivity contribution in [2.75, 3.05) is 11.9 Å². The molecule has 0 radical (unpaired) electrons. The maximum atomic E-state index is 12.4. The van der Waals surface area contributed by atoms with Crippen molar-refractivity contribution in [3.05, 3.63) is 34.4 Å². The molecule has 2 aliphatic rings. The molecule has 114 valence electrons. The summed E-state index contributed by atoms with van der Waals surface area (Å²) in [6.45, 7) is 4.55. The largest absolute Gasteiger partial charge is 0.383 e. The minimum absolute atomic E-state index is 0.146. The molecule has 1 aromatic heterocycles. The molecule has 2 unspecified atom stereocenters. The van der Waals surface area contributed by atoms with Crippen LogP contribution in [-0.2, 0) is 5.54 Å². The van der Waals surface area contributed by atoms with Gasteiger partial charge in [0.1, 0.15) is 5.82 Å². The summed E-state index contributed by atoms with van der Waals surface area (Å²) >= 11 is 0. The number of hydrogen-bond acceptors (Lipinski definition) is 3. The number of rotatable bonds is 4. The Bertz CT molecular complexity index is 631. The first-order valence-electron chi connectivity index (χ1n) is 7.86. The molecule has 5 heteroatoms. The second-order valence-electron chi connectivity index (χ2n) is 6.39. The van der Waals surface area contributed by atoms with Crippen molar-refractivity contribution in [2.24, 2.45) is 0 Å². The Kier molecular flexibility index (Phi) is 3.69. The number of nitrogens with two attached hydrogens (primary N) is 1. The first-order chi connectivity index (χ1) is 10.0. The molecule has 0 bridgehead atoms. The van der Waals surface area contributed by atoms with Gasteiger partial charge < -0.3 is 5.73 Å². The molecule has 1 saturated carbocycles. The summed E-state index contributed by atoms with van der Waals surface area (Å²) < 4.78 is 1.86. The second-order valence-corrected chi connectivity index (χ2v) is 8.49. The van der Waals surface area contributed by atoms with E-state index in [1.165, 1.54) is 31.0 Å². The van der Waals surface area contributed by atoms with Gasteiger partial charge in [0.05, 0.1) is 5.54 Å². The third-order valence-corrected chi connectivity index (χ3v) is 6.42. The average molecular weight is 305 g/mol. The van der Waals surface area contributed by atoms with E-state index in [1.807, 2.05) is 10.8 Å². The van der Waals surface area contributed by atoms with E-state index >= 15 is 0 Å². The zero-order valence-corrected chi connectivity index (χ0v) is 13.9. The number of anilines is 1. The van der Waals surface area contributed by atoms with Gasteiger partial charge in [0.15, 0.2) is 0 Å². The van der Waals surface area contributed by atoms with Crippen molar-refractivity contribution in [3.63, 3.8) is 0 Å². The lowest BCUT2D eigenvalue weighted by atomic mass is 9.78. The zero-order valence-electron chi connectivity index (χ0n) is 12.9. The lowest BCUT2D eigenvalue weighted by Gasteiger charge is -2.39. The lowest BCUT2D eigenvalue weighted by molar-refractivity contribution is 0.234. The number of aromatic nitrogens is 2. The first kappa shape index (κ1) is 14.8. The number of nitrogen functional groups attached to an aromatic ring is 1. The van der Waals surface area contributed by atoms with Crippen LogP contribution in [0, 0.1) is 0 Å². The third kappa shape index (κ3) is 2.44. The second kappa shape index (κ2) is 5.24. The molecule has 4 nitrogen and oxygen atoms in total. The summed E-state index contributed by atoms with van der Waals surface area (Å²) in [5, 5.41) is 0.229.